The lowest BCUT2D eigenvalue weighted by Crippen LogP contribution is -2.35. The normalized spacial score (nSPS) is 13.0. The van der Waals surface area contributed by atoms with Gasteiger partial charge in [-0.05, 0) is 79.4 Å². The van der Waals surface area contributed by atoms with Gasteiger partial charge in [0.15, 0.2) is 6.61 Å². The third-order valence-electron chi connectivity index (χ3n) is 5.65. The maximum Gasteiger partial charge on any atom is 0.264 e. The molecule has 0 saturated heterocycles. The molecule has 0 fully saturated rings. The van der Waals surface area contributed by atoms with Crippen LogP contribution in [0.2, 0.25) is 0 Å². The van der Waals surface area contributed by atoms with Gasteiger partial charge in [0.1, 0.15) is 5.75 Å². The number of benzene rings is 3. The van der Waals surface area contributed by atoms with Crippen molar-refractivity contribution in [2.45, 2.75) is 31.6 Å². The number of fused-ring (bicyclic) bond motifs is 1. The first-order valence-corrected chi connectivity index (χ1v) is 12.7. The fraction of sp³-hybridized carbons (Fsp3) is 0.231. The van der Waals surface area contributed by atoms with Gasteiger partial charge in [-0.25, -0.2) is 8.42 Å². The van der Waals surface area contributed by atoms with Crippen LogP contribution in [-0.2, 0) is 26.0 Å². The van der Waals surface area contributed by atoms with Gasteiger partial charge in [-0.1, -0.05) is 18.2 Å². The van der Waals surface area contributed by atoms with Gasteiger partial charge >= 0.3 is 0 Å². The lowest BCUT2D eigenvalue weighted by molar-refractivity contribution is -0.118. The Morgan fingerprint density at radius 1 is 0.971 bits per heavy atom. The van der Waals surface area contributed by atoms with Gasteiger partial charge in [0.05, 0.1) is 10.6 Å². The number of anilines is 3. The van der Waals surface area contributed by atoms with E-state index in [-0.39, 0.29) is 23.3 Å². The number of hydrogen-bond donors (Lipinski definition) is 2. The van der Waals surface area contributed by atoms with Crippen LogP contribution in [0, 0.1) is 6.92 Å². The Hall–Kier alpha value is -3.85. The topological polar surface area (TPSA) is 105 Å². The predicted octanol–water partition coefficient (Wildman–Crippen LogP) is 4.11. The molecular weight excluding hydrogens is 466 g/mol. The molecule has 1 heterocycles. The summed E-state index contributed by atoms with van der Waals surface area (Å²) in [6.07, 6.45) is 1.62. The van der Waals surface area contributed by atoms with E-state index in [2.05, 4.69) is 10.6 Å². The number of hydrogen-bond acceptors (Lipinski definition) is 5. The number of nitrogens with zero attached hydrogens (tertiary/aromatic N) is 1. The van der Waals surface area contributed by atoms with E-state index in [1.54, 1.807) is 43.3 Å². The molecule has 2 N–H and O–H groups in total. The summed E-state index contributed by atoms with van der Waals surface area (Å²) >= 11 is 0. The van der Waals surface area contributed by atoms with Crippen LogP contribution in [0.3, 0.4) is 0 Å². The summed E-state index contributed by atoms with van der Waals surface area (Å²) in [5, 5.41) is 5.38. The molecule has 0 aromatic heterocycles. The molecule has 0 saturated carbocycles. The van der Waals surface area contributed by atoms with Gasteiger partial charge in [-0.2, -0.15) is 0 Å². The molecule has 35 heavy (non-hydrogen) atoms. The maximum atomic E-state index is 13.4. The molecule has 1 aliphatic heterocycles. The van der Waals surface area contributed by atoms with Crippen LogP contribution < -0.4 is 19.7 Å². The molecular formula is C26H27N3O5S. The average Bonchev–Trinajstić information content (AvgIpc) is 2.83. The smallest absolute Gasteiger partial charge is 0.264 e. The summed E-state index contributed by atoms with van der Waals surface area (Å²) in [5.41, 5.74) is 3.55. The highest BCUT2D eigenvalue weighted by Gasteiger charge is 2.29. The monoisotopic (exact) mass is 493 g/mol. The highest BCUT2D eigenvalue weighted by atomic mass is 32.2. The van der Waals surface area contributed by atoms with Crippen molar-refractivity contribution < 1.29 is 22.7 Å². The van der Waals surface area contributed by atoms with Crippen molar-refractivity contribution in [1.82, 2.24) is 0 Å². The van der Waals surface area contributed by atoms with E-state index in [1.165, 1.54) is 17.3 Å². The van der Waals surface area contributed by atoms with Gasteiger partial charge in [-0.15, -0.1) is 0 Å². The summed E-state index contributed by atoms with van der Waals surface area (Å²) < 4.78 is 33.8. The lowest BCUT2D eigenvalue weighted by Gasteiger charge is -2.30. The van der Waals surface area contributed by atoms with Crippen molar-refractivity contribution in [3.63, 3.8) is 0 Å². The first kappa shape index (κ1) is 24.3. The van der Waals surface area contributed by atoms with Gasteiger partial charge < -0.3 is 15.4 Å². The van der Waals surface area contributed by atoms with Crippen LogP contribution in [-0.4, -0.2) is 33.4 Å². The third-order valence-corrected chi connectivity index (χ3v) is 7.46. The van der Waals surface area contributed by atoms with Crippen LogP contribution in [0.15, 0.2) is 71.6 Å². The Labute approximate surface area is 205 Å². The largest absolute Gasteiger partial charge is 0.483 e. The predicted molar refractivity (Wildman–Crippen MR) is 135 cm³/mol. The Balaban J connectivity index is 1.40. The van der Waals surface area contributed by atoms with Gasteiger partial charge in [0.25, 0.3) is 15.9 Å². The van der Waals surface area contributed by atoms with E-state index < -0.39 is 10.0 Å². The second-order valence-corrected chi connectivity index (χ2v) is 10.2. The zero-order chi connectivity index (χ0) is 25.0. The standard InChI is InChI=1S/C26H27N3O5S/c1-18-16-23(35(32,33)29-15-5-7-20-6-3-4-8-24(20)29)13-14-25(18)34-17-26(31)28-22-11-9-21(10-12-22)27-19(2)30/h3-4,6,8-14,16H,5,7,15,17H2,1-2H3,(H,27,30)(H,28,31). The molecule has 9 heteroatoms. The maximum absolute atomic E-state index is 13.4. The fourth-order valence-electron chi connectivity index (χ4n) is 4.00. The Morgan fingerprint density at radius 2 is 1.66 bits per heavy atom. The van der Waals surface area contributed by atoms with Gasteiger partial charge in [-0.3, -0.25) is 13.9 Å². The number of carbonyl (C=O) groups excluding carboxylic acids is 2. The van der Waals surface area contributed by atoms with E-state index in [9.17, 15) is 18.0 Å². The van der Waals surface area contributed by atoms with Crippen molar-refractivity contribution in [2.24, 2.45) is 0 Å². The highest BCUT2D eigenvalue weighted by Crippen LogP contribution is 2.33. The number of carbonyl (C=O) groups is 2. The summed E-state index contributed by atoms with van der Waals surface area (Å²) in [6.45, 7) is 3.36. The molecule has 0 unspecified atom stereocenters. The number of nitrogens with one attached hydrogen (secondary N) is 2. The molecule has 0 bridgehead atoms. The third kappa shape index (κ3) is 5.63. The summed E-state index contributed by atoms with van der Waals surface area (Å²) in [4.78, 5) is 23.6. The van der Waals surface area contributed by atoms with Crippen molar-refractivity contribution in [3.8, 4) is 5.75 Å². The van der Waals surface area contributed by atoms with Crippen LogP contribution in [0.25, 0.3) is 0 Å². The summed E-state index contributed by atoms with van der Waals surface area (Å²) in [6, 6.07) is 18.9. The summed E-state index contributed by atoms with van der Waals surface area (Å²) in [7, 11) is -3.73. The fourth-order valence-corrected chi connectivity index (χ4v) is 5.63. The molecule has 4 rings (SSSR count). The number of sulfonamides is 1. The van der Waals surface area contributed by atoms with Gasteiger partial charge in [0.2, 0.25) is 5.91 Å². The van der Waals surface area contributed by atoms with E-state index in [0.717, 1.165) is 24.1 Å². The Kier molecular flexibility index (Phi) is 7.07. The Bertz CT molecular complexity index is 1350. The van der Waals surface area contributed by atoms with E-state index >= 15 is 0 Å². The van der Waals surface area contributed by atoms with Crippen molar-refractivity contribution >= 4 is 38.9 Å². The second-order valence-electron chi connectivity index (χ2n) is 8.33. The number of ether oxygens (including phenoxy) is 1. The van der Waals surface area contributed by atoms with E-state index in [1.807, 2.05) is 24.3 Å². The van der Waals surface area contributed by atoms with Crippen LogP contribution >= 0.6 is 0 Å². The minimum absolute atomic E-state index is 0.176. The number of aryl methyl sites for hydroxylation is 2. The number of rotatable bonds is 7. The Morgan fingerprint density at radius 3 is 2.34 bits per heavy atom. The number of amides is 2. The van der Waals surface area contributed by atoms with Crippen LogP contribution in [0.1, 0.15) is 24.5 Å². The molecule has 2 amide bonds. The lowest BCUT2D eigenvalue weighted by atomic mass is 10.0. The van der Waals surface area contributed by atoms with E-state index in [4.69, 9.17) is 4.74 Å². The molecule has 3 aromatic carbocycles. The summed E-state index contributed by atoms with van der Waals surface area (Å²) in [5.74, 6) is -0.109. The molecule has 182 valence electrons. The highest BCUT2D eigenvalue weighted by molar-refractivity contribution is 7.92. The zero-order valence-electron chi connectivity index (χ0n) is 19.6. The molecule has 0 spiro atoms. The molecule has 0 atom stereocenters. The molecule has 0 radical (unpaired) electrons. The zero-order valence-corrected chi connectivity index (χ0v) is 20.4. The molecule has 1 aliphatic rings. The molecule has 8 nitrogen and oxygen atoms in total. The molecule has 0 aliphatic carbocycles. The van der Waals surface area contributed by atoms with Crippen molar-refractivity contribution in [2.75, 3.05) is 28.1 Å². The molecule has 3 aromatic rings. The average molecular weight is 494 g/mol. The first-order chi connectivity index (χ1) is 16.7. The van der Waals surface area contributed by atoms with Gasteiger partial charge in [0, 0.05) is 24.8 Å². The minimum atomic E-state index is -3.73. The van der Waals surface area contributed by atoms with E-state index in [0.29, 0.717) is 29.2 Å². The quantitative estimate of drug-likeness (QED) is 0.515. The van der Waals surface area contributed by atoms with Crippen LogP contribution in [0.4, 0.5) is 17.1 Å². The minimum Gasteiger partial charge on any atom is -0.483 e. The van der Waals surface area contributed by atoms with Crippen LogP contribution in [0.5, 0.6) is 5.75 Å². The van der Waals surface area contributed by atoms with Crippen molar-refractivity contribution in [3.05, 3.63) is 77.9 Å². The number of para-hydroxylation sites is 1. The SMILES string of the molecule is CC(=O)Nc1ccc(NC(=O)COc2ccc(S(=O)(=O)N3CCCc4ccccc43)cc2C)cc1. The second kappa shape index (κ2) is 10.2. The first-order valence-electron chi connectivity index (χ1n) is 11.3. The van der Waals surface area contributed by atoms with Crippen molar-refractivity contribution in [1.29, 1.82) is 0 Å².